The predicted molar refractivity (Wildman–Crippen MR) is 132 cm³/mol. The molecule has 1 aliphatic carbocycles. The van der Waals surface area contributed by atoms with Crippen LogP contribution < -0.4 is 10.6 Å². The van der Waals surface area contributed by atoms with Crippen LogP contribution in [0.1, 0.15) is 61.5 Å². The Balaban J connectivity index is 0.00000300. The maximum Gasteiger partial charge on any atom is 0.191 e. The number of aryl methyl sites for hydroxylation is 1. The molecule has 29 heavy (non-hydrogen) atoms. The molecule has 2 heterocycles. The number of aliphatic imine (C=N–C) groups is 1. The van der Waals surface area contributed by atoms with Gasteiger partial charge in [-0.1, -0.05) is 38.2 Å². The zero-order valence-electron chi connectivity index (χ0n) is 17.7. The molecule has 0 spiro atoms. The van der Waals surface area contributed by atoms with Gasteiger partial charge in [0.1, 0.15) is 12.4 Å². The number of guanidine groups is 1. The zero-order valence-corrected chi connectivity index (χ0v) is 20.8. The quantitative estimate of drug-likeness (QED) is 0.218. The molecule has 0 radical (unpaired) electrons. The Morgan fingerprint density at radius 2 is 2.00 bits per heavy atom. The Morgan fingerprint density at radius 3 is 2.69 bits per heavy atom. The average molecular weight is 531 g/mol. The lowest BCUT2D eigenvalue weighted by Gasteiger charge is -2.21. The summed E-state index contributed by atoms with van der Waals surface area (Å²) in [5, 5.41) is 17.5. The summed E-state index contributed by atoms with van der Waals surface area (Å²) in [6, 6.07) is 4.29. The summed E-state index contributed by atoms with van der Waals surface area (Å²) in [7, 11) is 1.99. The molecule has 3 rings (SSSR count). The molecule has 0 atom stereocenters. The molecule has 1 aliphatic rings. The molecule has 0 aliphatic heterocycles. The molecule has 2 N–H and O–H groups in total. The molecule has 0 aromatic carbocycles. The van der Waals surface area contributed by atoms with Crippen molar-refractivity contribution < 1.29 is 0 Å². The van der Waals surface area contributed by atoms with E-state index in [0.29, 0.717) is 6.54 Å². The molecular formula is C21H35IN6S. The normalized spacial score (nSPS) is 15.2. The maximum absolute atomic E-state index is 4.75. The van der Waals surface area contributed by atoms with E-state index in [-0.39, 0.29) is 24.0 Å². The summed E-state index contributed by atoms with van der Waals surface area (Å²) in [5.74, 6) is 3.61. The molecule has 2 aromatic heterocycles. The Morgan fingerprint density at radius 1 is 1.21 bits per heavy atom. The first-order valence-corrected chi connectivity index (χ1v) is 11.5. The van der Waals surface area contributed by atoms with E-state index in [1.54, 1.807) is 11.3 Å². The monoisotopic (exact) mass is 530 g/mol. The van der Waals surface area contributed by atoms with E-state index in [2.05, 4.69) is 38.3 Å². The van der Waals surface area contributed by atoms with Crippen LogP contribution >= 0.6 is 35.3 Å². The van der Waals surface area contributed by atoms with Crippen molar-refractivity contribution >= 4 is 41.3 Å². The lowest BCUT2D eigenvalue weighted by atomic mass is 9.86. The van der Waals surface area contributed by atoms with Gasteiger partial charge in [0.2, 0.25) is 0 Å². The molecule has 0 amide bonds. The summed E-state index contributed by atoms with van der Waals surface area (Å²) in [6.07, 6.45) is 10.7. The molecule has 0 saturated heterocycles. The smallest absolute Gasteiger partial charge is 0.191 e. The molecule has 1 saturated carbocycles. The summed E-state index contributed by atoms with van der Waals surface area (Å²) in [6.45, 7) is 4.35. The van der Waals surface area contributed by atoms with Crippen molar-refractivity contribution in [2.75, 3.05) is 13.1 Å². The minimum atomic E-state index is 0. The molecular weight excluding hydrogens is 495 g/mol. The number of nitrogens with zero attached hydrogens (tertiary/aromatic N) is 4. The highest BCUT2D eigenvalue weighted by atomic mass is 127. The van der Waals surface area contributed by atoms with Crippen LogP contribution in [-0.2, 0) is 20.0 Å². The van der Waals surface area contributed by atoms with Crippen molar-refractivity contribution in [1.29, 1.82) is 0 Å². The lowest BCUT2D eigenvalue weighted by molar-refractivity contribution is 0.332. The fourth-order valence-corrected chi connectivity index (χ4v) is 4.45. The van der Waals surface area contributed by atoms with Gasteiger partial charge in [-0.05, 0) is 43.6 Å². The van der Waals surface area contributed by atoms with E-state index in [1.165, 1.54) is 49.8 Å². The van der Waals surface area contributed by atoms with E-state index < -0.39 is 0 Å². The van der Waals surface area contributed by atoms with Crippen molar-refractivity contribution in [3.05, 3.63) is 34.0 Å². The third kappa shape index (κ3) is 8.24. The van der Waals surface area contributed by atoms with Crippen LogP contribution in [0.25, 0.3) is 0 Å². The highest BCUT2D eigenvalue weighted by Crippen LogP contribution is 2.26. The van der Waals surface area contributed by atoms with Crippen molar-refractivity contribution in [2.24, 2.45) is 18.0 Å². The molecule has 162 valence electrons. The minimum Gasteiger partial charge on any atom is -0.356 e. The molecule has 0 bridgehead atoms. The van der Waals surface area contributed by atoms with Gasteiger partial charge in [0.05, 0.1) is 0 Å². The second kappa shape index (κ2) is 13.2. The van der Waals surface area contributed by atoms with Gasteiger partial charge in [-0.2, -0.15) is 0 Å². The minimum absolute atomic E-state index is 0. The summed E-state index contributed by atoms with van der Waals surface area (Å²) < 4.78 is 2.00. The highest BCUT2D eigenvalue weighted by molar-refractivity contribution is 14.0. The molecule has 8 heteroatoms. The Hall–Kier alpha value is -1.16. The Kier molecular flexibility index (Phi) is 11.0. The first-order chi connectivity index (χ1) is 13.7. The second-order valence-corrected chi connectivity index (χ2v) is 8.75. The fraction of sp³-hybridized carbons (Fsp3) is 0.667. The second-order valence-electron chi connectivity index (χ2n) is 7.72. The summed E-state index contributed by atoms with van der Waals surface area (Å²) in [4.78, 5) is 6.14. The third-order valence-corrected chi connectivity index (χ3v) is 6.55. The zero-order chi connectivity index (χ0) is 19.6. The largest absolute Gasteiger partial charge is 0.356 e. The number of hydrogen-bond acceptors (Lipinski definition) is 4. The van der Waals surface area contributed by atoms with Crippen LogP contribution in [0.3, 0.4) is 0 Å². The van der Waals surface area contributed by atoms with E-state index in [1.807, 2.05) is 18.5 Å². The maximum atomic E-state index is 4.75. The van der Waals surface area contributed by atoms with Gasteiger partial charge in [0.15, 0.2) is 11.8 Å². The third-order valence-electron chi connectivity index (χ3n) is 5.61. The number of halogens is 1. The van der Waals surface area contributed by atoms with E-state index in [0.717, 1.165) is 43.0 Å². The number of hydrogen-bond donors (Lipinski definition) is 2. The molecule has 0 unspecified atom stereocenters. The fourth-order valence-electron chi connectivity index (χ4n) is 3.75. The molecule has 2 aromatic rings. The van der Waals surface area contributed by atoms with Crippen LogP contribution in [0, 0.1) is 12.8 Å². The number of thiophene rings is 1. The Bertz CT molecular complexity index is 722. The van der Waals surface area contributed by atoms with Crippen LogP contribution in [0.4, 0.5) is 0 Å². The number of nitrogens with one attached hydrogen (secondary N) is 2. The number of rotatable bonds is 9. The highest BCUT2D eigenvalue weighted by Gasteiger charge is 2.12. The van der Waals surface area contributed by atoms with E-state index >= 15 is 0 Å². The van der Waals surface area contributed by atoms with Crippen LogP contribution in [0.15, 0.2) is 22.5 Å². The molecule has 6 nitrogen and oxygen atoms in total. The van der Waals surface area contributed by atoms with Crippen molar-refractivity contribution in [1.82, 2.24) is 25.4 Å². The summed E-state index contributed by atoms with van der Waals surface area (Å²) in [5.41, 5.74) is 0. The lowest BCUT2D eigenvalue weighted by Crippen LogP contribution is -2.39. The number of aromatic nitrogens is 3. The van der Waals surface area contributed by atoms with Gasteiger partial charge in [-0.3, -0.25) is 0 Å². The van der Waals surface area contributed by atoms with Crippen molar-refractivity contribution in [3.8, 4) is 0 Å². The first kappa shape index (κ1) is 24.1. The van der Waals surface area contributed by atoms with Gasteiger partial charge < -0.3 is 15.2 Å². The van der Waals surface area contributed by atoms with Crippen LogP contribution in [0.2, 0.25) is 0 Å². The predicted octanol–water partition coefficient (Wildman–Crippen LogP) is 4.44. The first-order valence-electron chi connectivity index (χ1n) is 10.6. The van der Waals surface area contributed by atoms with Gasteiger partial charge in [0.25, 0.3) is 0 Å². The van der Waals surface area contributed by atoms with Gasteiger partial charge in [-0.15, -0.1) is 45.5 Å². The van der Waals surface area contributed by atoms with E-state index in [4.69, 9.17) is 4.99 Å². The van der Waals surface area contributed by atoms with Crippen LogP contribution in [0.5, 0.6) is 0 Å². The standard InChI is InChI=1S/C21H34N6S.HI/c1-17-25-26-20(27(17)2)16-24-21(23-14-12-19-11-7-15-28-19)22-13-6-10-18-8-4-3-5-9-18;/h7,11,15,18H,3-6,8-10,12-14,16H2,1-2H3,(H2,22,23,24);1H. The van der Waals surface area contributed by atoms with Gasteiger partial charge in [-0.25, -0.2) is 4.99 Å². The topological polar surface area (TPSA) is 67.1 Å². The SMILES string of the molecule is Cc1nnc(CN=C(NCCCC2CCCCC2)NCCc2cccs2)n1C.I. The van der Waals surface area contributed by atoms with Crippen molar-refractivity contribution in [2.45, 2.75) is 64.8 Å². The Labute approximate surface area is 196 Å². The van der Waals surface area contributed by atoms with Crippen LogP contribution in [-0.4, -0.2) is 33.8 Å². The summed E-state index contributed by atoms with van der Waals surface area (Å²) >= 11 is 1.80. The van der Waals surface area contributed by atoms with Gasteiger partial charge in [0, 0.05) is 25.0 Å². The molecule has 1 fully saturated rings. The van der Waals surface area contributed by atoms with Crippen molar-refractivity contribution in [3.63, 3.8) is 0 Å². The average Bonchev–Trinajstić information content (AvgIpc) is 3.34. The van der Waals surface area contributed by atoms with E-state index in [9.17, 15) is 0 Å². The van der Waals surface area contributed by atoms with Gasteiger partial charge >= 0.3 is 0 Å².